The number of hydrogen-bond acceptors (Lipinski definition) is 2. The number of benzene rings is 2. The average molecular weight is 372 g/mol. The largest absolute Gasteiger partial charge is 0.338 e. The van der Waals surface area contributed by atoms with E-state index in [2.05, 4.69) is 30.4 Å². The summed E-state index contributed by atoms with van der Waals surface area (Å²) in [5, 5.41) is 3.38. The second-order valence-corrected chi connectivity index (χ2v) is 7.32. The molecule has 0 saturated carbocycles. The molecule has 1 heterocycles. The molecular weight excluding hydrogens is 346 g/mol. The normalized spacial score (nSPS) is 19.9. The van der Waals surface area contributed by atoms with Crippen LogP contribution in [0.4, 0.5) is 8.78 Å². The fourth-order valence-electron chi connectivity index (χ4n) is 3.95. The minimum absolute atomic E-state index is 0.00493. The highest BCUT2D eigenvalue weighted by Gasteiger charge is 2.32. The molecule has 1 fully saturated rings. The van der Waals surface area contributed by atoms with Crippen LogP contribution in [0.1, 0.15) is 36.5 Å². The van der Waals surface area contributed by atoms with Crippen LogP contribution >= 0.6 is 0 Å². The van der Waals surface area contributed by atoms with E-state index in [1.165, 1.54) is 17.2 Å². The molecule has 27 heavy (non-hydrogen) atoms. The zero-order valence-corrected chi connectivity index (χ0v) is 15.8. The quantitative estimate of drug-likeness (QED) is 0.861. The molecule has 0 radical (unpaired) electrons. The van der Waals surface area contributed by atoms with E-state index in [1.807, 2.05) is 11.0 Å². The number of aryl methyl sites for hydroxylation is 1. The summed E-state index contributed by atoms with van der Waals surface area (Å²) in [5.74, 6) is -1.59. The van der Waals surface area contributed by atoms with Gasteiger partial charge in [-0.05, 0) is 37.8 Å². The van der Waals surface area contributed by atoms with Gasteiger partial charge in [-0.25, -0.2) is 8.78 Å². The summed E-state index contributed by atoms with van der Waals surface area (Å²) in [5.41, 5.74) is 2.67. The third-order valence-corrected chi connectivity index (χ3v) is 5.30. The number of amides is 1. The van der Waals surface area contributed by atoms with Crippen LogP contribution in [0.2, 0.25) is 0 Å². The van der Waals surface area contributed by atoms with Crippen LogP contribution in [0.25, 0.3) is 0 Å². The van der Waals surface area contributed by atoms with Crippen molar-refractivity contribution in [2.45, 2.75) is 51.7 Å². The number of hydrogen-bond donors (Lipinski definition) is 1. The molecule has 1 amide bonds. The Bertz CT molecular complexity index is 809. The Hall–Kier alpha value is -2.27. The molecule has 1 aliphatic rings. The predicted octanol–water partition coefficient (Wildman–Crippen LogP) is 3.99. The van der Waals surface area contributed by atoms with E-state index in [1.54, 1.807) is 13.0 Å². The van der Waals surface area contributed by atoms with Crippen molar-refractivity contribution in [3.63, 3.8) is 0 Å². The van der Waals surface area contributed by atoms with Crippen molar-refractivity contribution in [2.75, 3.05) is 6.54 Å². The zero-order chi connectivity index (χ0) is 19.4. The average Bonchev–Trinajstić information content (AvgIpc) is 2.63. The highest BCUT2D eigenvalue weighted by molar-refractivity contribution is 5.73. The van der Waals surface area contributed by atoms with Gasteiger partial charge in [-0.3, -0.25) is 4.79 Å². The summed E-state index contributed by atoms with van der Waals surface area (Å²) in [7, 11) is 0. The maximum atomic E-state index is 14.0. The van der Waals surface area contributed by atoms with Gasteiger partial charge in [0.2, 0.25) is 5.91 Å². The second-order valence-electron chi connectivity index (χ2n) is 7.32. The molecule has 2 aromatic rings. The predicted molar refractivity (Wildman–Crippen MR) is 102 cm³/mol. The molecule has 0 unspecified atom stereocenters. The molecule has 144 valence electrons. The Balaban J connectivity index is 1.78. The summed E-state index contributed by atoms with van der Waals surface area (Å²) in [6.45, 7) is 4.62. The molecule has 3 rings (SSSR count). The fourth-order valence-corrected chi connectivity index (χ4v) is 3.95. The maximum Gasteiger partial charge on any atom is 0.219 e. The van der Waals surface area contributed by atoms with Gasteiger partial charge in [0.1, 0.15) is 0 Å². The highest BCUT2D eigenvalue weighted by Crippen LogP contribution is 2.23. The Labute approximate surface area is 159 Å². The number of likely N-dealkylation sites (tertiary alicyclic amines) is 1. The molecule has 0 aliphatic carbocycles. The summed E-state index contributed by atoms with van der Waals surface area (Å²) in [6, 6.07) is 12.5. The van der Waals surface area contributed by atoms with Gasteiger partial charge >= 0.3 is 0 Å². The van der Waals surface area contributed by atoms with Gasteiger partial charge < -0.3 is 10.2 Å². The molecule has 0 aromatic heterocycles. The first-order valence-corrected chi connectivity index (χ1v) is 9.44. The Morgan fingerprint density at radius 1 is 1.22 bits per heavy atom. The Kier molecular flexibility index (Phi) is 6.22. The number of carbonyl (C=O) groups excluding carboxylic acids is 1. The molecule has 1 N–H and O–H groups in total. The van der Waals surface area contributed by atoms with Crippen LogP contribution in [0.3, 0.4) is 0 Å². The molecule has 1 aliphatic heterocycles. The lowest BCUT2D eigenvalue weighted by Crippen LogP contribution is -2.56. The van der Waals surface area contributed by atoms with Gasteiger partial charge in [0, 0.05) is 31.6 Å². The summed E-state index contributed by atoms with van der Waals surface area (Å²) in [4.78, 5) is 14.1. The van der Waals surface area contributed by atoms with Crippen molar-refractivity contribution in [2.24, 2.45) is 0 Å². The summed E-state index contributed by atoms with van der Waals surface area (Å²) in [6.07, 6.45) is 2.54. The van der Waals surface area contributed by atoms with Crippen LogP contribution in [0.5, 0.6) is 0 Å². The van der Waals surface area contributed by atoms with E-state index >= 15 is 0 Å². The van der Waals surface area contributed by atoms with Gasteiger partial charge in [-0.15, -0.1) is 0 Å². The van der Waals surface area contributed by atoms with Crippen molar-refractivity contribution >= 4 is 5.91 Å². The van der Waals surface area contributed by atoms with Crippen molar-refractivity contribution in [3.8, 4) is 0 Å². The lowest BCUT2D eigenvalue weighted by Gasteiger charge is -2.41. The molecule has 3 nitrogen and oxygen atoms in total. The van der Waals surface area contributed by atoms with Crippen molar-refractivity contribution in [1.82, 2.24) is 10.2 Å². The van der Waals surface area contributed by atoms with E-state index in [-0.39, 0.29) is 24.5 Å². The van der Waals surface area contributed by atoms with Gasteiger partial charge in [0.05, 0.1) is 6.04 Å². The van der Waals surface area contributed by atoms with E-state index in [0.29, 0.717) is 5.56 Å². The molecular formula is C22H26F2N2O. The van der Waals surface area contributed by atoms with Crippen LogP contribution in [0, 0.1) is 18.6 Å². The molecule has 0 bridgehead atoms. The van der Waals surface area contributed by atoms with Crippen LogP contribution in [-0.2, 0) is 17.8 Å². The van der Waals surface area contributed by atoms with Crippen LogP contribution < -0.4 is 5.32 Å². The van der Waals surface area contributed by atoms with Crippen molar-refractivity contribution in [3.05, 3.63) is 70.8 Å². The number of rotatable bonds is 5. The monoisotopic (exact) mass is 372 g/mol. The topological polar surface area (TPSA) is 32.3 Å². The minimum Gasteiger partial charge on any atom is -0.338 e. The minimum atomic E-state index is -0.834. The molecule has 0 spiro atoms. The van der Waals surface area contributed by atoms with Gasteiger partial charge in [-0.1, -0.05) is 42.0 Å². The molecule has 2 atom stereocenters. The number of nitrogens with zero attached hydrogens (tertiary/aromatic N) is 1. The van der Waals surface area contributed by atoms with Gasteiger partial charge in [-0.2, -0.15) is 0 Å². The molecule has 5 heteroatoms. The number of nitrogens with one attached hydrogen (secondary N) is 1. The SMILES string of the molecule is CC(=O)N1CCC[C@H](NCc2cccc(F)c2F)[C@@H]1Cc1cccc(C)c1. The van der Waals surface area contributed by atoms with Crippen molar-refractivity contribution < 1.29 is 13.6 Å². The standard InChI is InChI=1S/C22H26F2N2O/c1-15-6-3-7-17(12-15)13-21-20(10-5-11-26(21)16(2)27)25-14-18-8-4-9-19(23)22(18)24/h3-4,6-9,12,20-21,25H,5,10-11,13-14H2,1-2H3/t20-,21-/m0/s1. The van der Waals surface area contributed by atoms with Gasteiger partial charge in [0.25, 0.3) is 0 Å². The van der Waals surface area contributed by atoms with E-state index in [0.717, 1.165) is 31.9 Å². The summed E-state index contributed by atoms with van der Waals surface area (Å²) < 4.78 is 27.4. The fraction of sp³-hybridized carbons (Fsp3) is 0.409. The maximum absolute atomic E-state index is 14.0. The zero-order valence-electron chi connectivity index (χ0n) is 15.8. The second kappa shape index (κ2) is 8.61. The summed E-state index contributed by atoms with van der Waals surface area (Å²) >= 11 is 0. The van der Waals surface area contributed by atoms with Crippen LogP contribution in [-0.4, -0.2) is 29.4 Å². The Morgan fingerprint density at radius 2 is 2.00 bits per heavy atom. The van der Waals surface area contributed by atoms with E-state index in [4.69, 9.17) is 0 Å². The third kappa shape index (κ3) is 4.72. The first-order valence-electron chi connectivity index (χ1n) is 9.44. The van der Waals surface area contributed by atoms with Crippen LogP contribution in [0.15, 0.2) is 42.5 Å². The number of halogens is 2. The molecule has 2 aromatic carbocycles. The molecule has 1 saturated heterocycles. The first kappa shape index (κ1) is 19.5. The Morgan fingerprint density at radius 3 is 2.74 bits per heavy atom. The number of carbonyl (C=O) groups is 1. The van der Waals surface area contributed by atoms with Crippen molar-refractivity contribution in [1.29, 1.82) is 0 Å². The van der Waals surface area contributed by atoms with E-state index in [9.17, 15) is 13.6 Å². The third-order valence-electron chi connectivity index (χ3n) is 5.30. The lowest BCUT2D eigenvalue weighted by atomic mass is 9.90. The highest BCUT2D eigenvalue weighted by atomic mass is 19.2. The first-order chi connectivity index (χ1) is 13.0. The van der Waals surface area contributed by atoms with E-state index < -0.39 is 11.6 Å². The smallest absolute Gasteiger partial charge is 0.219 e. The van der Waals surface area contributed by atoms with Gasteiger partial charge in [0.15, 0.2) is 11.6 Å². The number of piperidine rings is 1. The lowest BCUT2D eigenvalue weighted by molar-refractivity contribution is -0.133.